The van der Waals surface area contributed by atoms with Crippen LogP contribution in [0.5, 0.6) is 0 Å². The van der Waals surface area contributed by atoms with Gasteiger partial charge in [-0.25, -0.2) is 0 Å². The van der Waals surface area contributed by atoms with E-state index in [1.807, 2.05) is 0 Å². The number of piperidine rings is 1. The molecule has 82 valence electrons. The molecule has 2 nitrogen and oxygen atoms in total. The fraction of sp³-hybridized carbons (Fsp3) is 1.00. The quantitative estimate of drug-likeness (QED) is 0.695. The summed E-state index contributed by atoms with van der Waals surface area (Å²) in [7, 11) is 0. The topological polar surface area (TPSA) is 23.5 Å². The van der Waals surface area contributed by atoms with Crippen LogP contribution in [-0.2, 0) is 0 Å². The summed E-state index contributed by atoms with van der Waals surface area (Å²) in [4.78, 5) is 2.52. The molecule has 2 unspecified atom stereocenters. The zero-order chi connectivity index (χ0) is 10.2. The lowest BCUT2D eigenvalue weighted by Gasteiger charge is -2.40. The molecule has 1 aliphatic heterocycles. The molecule has 14 heavy (non-hydrogen) atoms. The van der Waals surface area contributed by atoms with E-state index in [0.29, 0.717) is 11.5 Å². The highest BCUT2D eigenvalue weighted by Crippen LogP contribution is 2.33. The Kier molecular flexibility index (Phi) is 2.85. The first-order chi connectivity index (χ1) is 6.58. The van der Waals surface area contributed by atoms with Crippen molar-refractivity contribution in [2.75, 3.05) is 13.1 Å². The lowest BCUT2D eigenvalue weighted by molar-refractivity contribution is 0.0327. The average molecular weight is 197 g/mol. The van der Waals surface area contributed by atoms with Gasteiger partial charge in [0.25, 0.3) is 0 Å². The second kappa shape index (κ2) is 3.82. The summed E-state index contributed by atoms with van der Waals surface area (Å²) in [5.41, 5.74) is 0.528. The maximum Gasteiger partial charge on any atom is 0.0695 e. The molecule has 1 N–H and O–H groups in total. The van der Waals surface area contributed by atoms with Gasteiger partial charge in [-0.3, -0.25) is 4.90 Å². The maximum absolute atomic E-state index is 9.83. The van der Waals surface area contributed by atoms with Crippen molar-refractivity contribution in [3.05, 3.63) is 0 Å². The van der Waals surface area contributed by atoms with Crippen molar-refractivity contribution in [2.24, 2.45) is 5.41 Å². The van der Waals surface area contributed by atoms with Gasteiger partial charge in [-0.2, -0.15) is 0 Å². The van der Waals surface area contributed by atoms with E-state index in [2.05, 4.69) is 18.7 Å². The molecule has 2 heteroatoms. The van der Waals surface area contributed by atoms with Crippen LogP contribution in [0.3, 0.4) is 0 Å². The van der Waals surface area contributed by atoms with Gasteiger partial charge >= 0.3 is 0 Å². The Bertz CT molecular complexity index is 192. The fourth-order valence-electron chi connectivity index (χ4n) is 2.81. The van der Waals surface area contributed by atoms with E-state index in [1.165, 1.54) is 38.8 Å². The molecule has 2 aliphatic rings. The molecule has 0 spiro atoms. The number of likely N-dealkylation sites (tertiary alicyclic amines) is 1. The third kappa shape index (κ3) is 2.12. The van der Waals surface area contributed by atoms with Gasteiger partial charge in [0.1, 0.15) is 0 Å². The molecule has 0 aromatic rings. The van der Waals surface area contributed by atoms with Crippen LogP contribution < -0.4 is 0 Å². The van der Waals surface area contributed by atoms with Crippen LogP contribution in [0.1, 0.15) is 46.0 Å². The Morgan fingerprint density at radius 1 is 1.14 bits per heavy atom. The summed E-state index contributed by atoms with van der Waals surface area (Å²) >= 11 is 0. The summed E-state index contributed by atoms with van der Waals surface area (Å²) < 4.78 is 0. The summed E-state index contributed by atoms with van der Waals surface area (Å²) in [5, 5.41) is 9.83. The highest BCUT2D eigenvalue weighted by molar-refractivity contribution is 4.89. The smallest absolute Gasteiger partial charge is 0.0695 e. The van der Waals surface area contributed by atoms with Gasteiger partial charge in [0.2, 0.25) is 0 Å². The van der Waals surface area contributed by atoms with Crippen molar-refractivity contribution >= 4 is 0 Å². The Hall–Kier alpha value is -0.0800. The van der Waals surface area contributed by atoms with Crippen molar-refractivity contribution in [1.29, 1.82) is 0 Å². The molecule has 2 atom stereocenters. The van der Waals surface area contributed by atoms with E-state index in [9.17, 15) is 5.11 Å². The molecule has 1 heterocycles. The van der Waals surface area contributed by atoms with Crippen LogP contribution in [0.4, 0.5) is 0 Å². The Morgan fingerprint density at radius 2 is 1.79 bits per heavy atom. The number of aliphatic hydroxyl groups is 1. The number of aliphatic hydroxyl groups excluding tert-OH is 1. The van der Waals surface area contributed by atoms with Crippen LogP contribution in [-0.4, -0.2) is 35.2 Å². The van der Waals surface area contributed by atoms with Gasteiger partial charge in [-0.1, -0.05) is 13.8 Å². The second-order valence-corrected chi connectivity index (χ2v) is 5.77. The number of hydrogen-bond donors (Lipinski definition) is 1. The van der Waals surface area contributed by atoms with Crippen LogP contribution in [0, 0.1) is 5.41 Å². The van der Waals surface area contributed by atoms with E-state index in [4.69, 9.17) is 0 Å². The van der Waals surface area contributed by atoms with E-state index in [0.717, 1.165) is 6.42 Å². The third-order valence-corrected chi connectivity index (χ3v) is 4.06. The van der Waals surface area contributed by atoms with Gasteiger partial charge in [0.15, 0.2) is 0 Å². The van der Waals surface area contributed by atoms with Crippen molar-refractivity contribution in [3.8, 4) is 0 Å². The van der Waals surface area contributed by atoms with Crippen molar-refractivity contribution in [2.45, 2.75) is 58.1 Å². The zero-order valence-corrected chi connectivity index (χ0v) is 9.50. The minimum Gasteiger partial charge on any atom is -0.391 e. The number of nitrogens with zero attached hydrogens (tertiary/aromatic N) is 1. The standard InChI is InChI=1S/C12H23NO/c1-12(2)6-8-13(9-7-12)10-4-3-5-11(10)14/h10-11,14H,3-9H2,1-2H3. The number of hydrogen-bond acceptors (Lipinski definition) is 2. The van der Waals surface area contributed by atoms with Gasteiger partial charge in [-0.15, -0.1) is 0 Å². The van der Waals surface area contributed by atoms with E-state index < -0.39 is 0 Å². The van der Waals surface area contributed by atoms with Crippen molar-refractivity contribution in [3.63, 3.8) is 0 Å². The molecular weight excluding hydrogens is 174 g/mol. The minimum absolute atomic E-state index is 0.0452. The van der Waals surface area contributed by atoms with Gasteiger partial charge in [0, 0.05) is 6.04 Å². The van der Waals surface area contributed by atoms with E-state index >= 15 is 0 Å². The number of rotatable bonds is 1. The van der Waals surface area contributed by atoms with Crippen LogP contribution in [0.25, 0.3) is 0 Å². The molecule has 0 bridgehead atoms. The first-order valence-corrected chi connectivity index (χ1v) is 6.01. The molecule has 0 aromatic heterocycles. The van der Waals surface area contributed by atoms with Gasteiger partial charge in [0.05, 0.1) is 6.10 Å². The Balaban J connectivity index is 1.89. The molecule has 1 saturated heterocycles. The zero-order valence-electron chi connectivity index (χ0n) is 9.50. The van der Waals surface area contributed by atoms with Gasteiger partial charge in [-0.05, 0) is 50.6 Å². The summed E-state index contributed by atoms with van der Waals surface area (Å²) in [6.45, 7) is 7.09. The summed E-state index contributed by atoms with van der Waals surface area (Å²) in [6.07, 6.45) is 5.97. The molecule has 0 aromatic carbocycles. The highest BCUT2D eigenvalue weighted by Gasteiger charge is 2.34. The predicted octanol–water partition coefficient (Wildman–Crippen LogP) is 2.02. The minimum atomic E-state index is -0.0452. The second-order valence-electron chi connectivity index (χ2n) is 5.77. The molecule has 0 radical (unpaired) electrons. The fourth-order valence-corrected chi connectivity index (χ4v) is 2.81. The highest BCUT2D eigenvalue weighted by atomic mass is 16.3. The molecule has 2 rings (SSSR count). The molecule has 1 saturated carbocycles. The Labute approximate surface area is 87.3 Å². The lowest BCUT2D eigenvalue weighted by Crippen LogP contribution is -2.46. The molecular formula is C12H23NO. The van der Waals surface area contributed by atoms with E-state index in [1.54, 1.807) is 0 Å². The normalized spacial score (nSPS) is 38.8. The first kappa shape index (κ1) is 10.4. The van der Waals surface area contributed by atoms with E-state index in [-0.39, 0.29) is 6.10 Å². The van der Waals surface area contributed by atoms with Crippen molar-refractivity contribution in [1.82, 2.24) is 4.90 Å². The summed E-state index contributed by atoms with van der Waals surface area (Å²) in [5.74, 6) is 0. The first-order valence-electron chi connectivity index (χ1n) is 6.01. The molecule has 1 aliphatic carbocycles. The van der Waals surface area contributed by atoms with Crippen LogP contribution in [0.15, 0.2) is 0 Å². The largest absolute Gasteiger partial charge is 0.391 e. The van der Waals surface area contributed by atoms with Crippen LogP contribution in [0.2, 0.25) is 0 Å². The third-order valence-electron chi connectivity index (χ3n) is 4.06. The Morgan fingerprint density at radius 3 is 2.29 bits per heavy atom. The average Bonchev–Trinajstić information content (AvgIpc) is 2.52. The molecule has 0 amide bonds. The summed E-state index contributed by atoms with van der Waals surface area (Å²) in [6, 6.07) is 0.478. The van der Waals surface area contributed by atoms with Gasteiger partial charge < -0.3 is 5.11 Å². The SMILES string of the molecule is CC1(C)CCN(C2CCCC2O)CC1. The monoisotopic (exact) mass is 197 g/mol. The lowest BCUT2D eigenvalue weighted by atomic mass is 9.82. The van der Waals surface area contributed by atoms with Crippen molar-refractivity contribution < 1.29 is 5.11 Å². The van der Waals surface area contributed by atoms with Crippen LogP contribution >= 0.6 is 0 Å². The predicted molar refractivity (Wildman–Crippen MR) is 58.2 cm³/mol. The maximum atomic E-state index is 9.83. The molecule has 2 fully saturated rings.